The molecule has 0 heterocycles. The standard InChI is InChI=1S/C13H16BrNO2/c1-9(2)6-12(15(16)17)8-11-4-5-13(14)10(3)7-11/h4-5,7-9H,6H2,1-3H3. The van der Waals surface area contributed by atoms with Gasteiger partial charge >= 0.3 is 0 Å². The molecule has 1 aromatic carbocycles. The number of rotatable bonds is 4. The zero-order chi connectivity index (χ0) is 13.0. The van der Waals surface area contributed by atoms with Gasteiger partial charge in [-0.2, -0.15) is 0 Å². The number of halogens is 1. The second-order valence-corrected chi connectivity index (χ2v) is 5.35. The Kier molecular flexibility index (Phi) is 4.87. The molecule has 1 aromatic rings. The quantitative estimate of drug-likeness (QED) is 0.610. The highest BCUT2D eigenvalue weighted by atomic mass is 79.9. The molecule has 3 nitrogen and oxygen atoms in total. The van der Waals surface area contributed by atoms with E-state index in [2.05, 4.69) is 15.9 Å². The van der Waals surface area contributed by atoms with E-state index < -0.39 is 0 Å². The highest BCUT2D eigenvalue weighted by Gasteiger charge is 2.13. The molecule has 1 rings (SSSR count). The third kappa shape index (κ3) is 4.30. The van der Waals surface area contributed by atoms with Crippen molar-refractivity contribution in [2.45, 2.75) is 27.2 Å². The van der Waals surface area contributed by atoms with Gasteiger partial charge in [0.05, 0.1) is 4.92 Å². The largest absolute Gasteiger partial charge is 0.259 e. The van der Waals surface area contributed by atoms with Crippen molar-refractivity contribution in [1.82, 2.24) is 0 Å². The van der Waals surface area contributed by atoms with Gasteiger partial charge in [-0.15, -0.1) is 0 Å². The van der Waals surface area contributed by atoms with E-state index in [0.29, 0.717) is 6.42 Å². The molecule has 0 aliphatic rings. The predicted octanol–water partition coefficient (Wildman–Crippen LogP) is 4.42. The second kappa shape index (κ2) is 5.96. The van der Waals surface area contributed by atoms with E-state index in [9.17, 15) is 10.1 Å². The normalized spacial score (nSPS) is 11.9. The fourth-order valence-electron chi connectivity index (χ4n) is 1.55. The number of nitro groups is 1. The van der Waals surface area contributed by atoms with Crippen LogP contribution in [-0.2, 0) is 0 Å². The first-order valence-electron chi connectivity index (χ1n) is 5.51. The summed E-state index contributed by atoms with van der Waals surface area (Å²) >= 11 is 3.41. The highest BCUT2D eigenvalue weighted by molar-refractivity contribution is 9.10. The minimum atomic E-state index is -0.294. The van der Waals surface area contributed by atoms with Gasteiger partial charge in [0.2, 0.25) is 5.70 Å². The lowest BCUT2D eigenvalue weighted by Crippen LogP contribution is -2.02. The molecule has 0 radical (unpaired) electrons. The molecule has 4 heteroatoms. The van der Waals surface area contributed by atoms with E-state index in [0.717, 1.165) is 15.6 Å². The summed E-state index contributed by atoms with van der Waals surface area (Å²) in [5.41, 5.74) is 2.21. The Balaban J connectivity index is 3.04. The first kappa shape index (κ1) is 13.9. The van der Waals surface area contributed by atoms with Crippen LogP contribution in [0.2, 0.25) is 0 Å². The average Bonchev–Trinajstić information content (AvgIpc) is 2.21. The number of allylic oxidation sites excluding steroid dienone is 1. The van der Waals surface area contributed by atoms with E-state index in [4.69, 9.17) is 0 Å². The molecule has 0 N–H and O–H groups in total. The van der Waals surface area contributed by atoms with Gasteiger partial charge in [0.25, 0.3) is 0 Å². The molecule has 0 spiro atoms. The predicted molar refractivity (Wildman–Crippen MR) is 73.3 cm³/mol. The van der Waals surface area contributed by atoms with Crippen LogP contribution >= 0.6 is 15.9 Å². The molecule has 0 aliphatic carbocycles. The second-order valence-electron chi connectivity index (χ2n) is 4.50. The smallest absolute Gasteiger partial charge is 0.247 e. The van der Waals surface area contributed by atoms with E-state index in [-0.39, 0.29) is 16.5 Å². The molecule has 0 saturated heterocycles. The molecule has 17 heavy (non-hydrogen) atoms. The minimum Gasteiger partial charge on any atom is -0.259 e. The monoisotopic (exact) mass is 297 g/mol. The maximum Gasteiger partial charge on any atom is 0.247 e. The maximum atomic E-state index is 10.9. The Labute approximate surface area is 110 Å². The number of hydrogen-bond donors (Lipinski definition) is 0. The third-order valence-corrected chi connectivity index (χ3v) is 3.26. The van der Waals surface area contributed by atoms with Crippen LogP contribution in [0.1, 0.15) is 31.4 Å². The summed E-state index contributed by atoms with van der Waals surface area (Å²) in [4.78, 5) is 10.6. The maximum absolute atomic E-state index is 10.9. The molecule has 0 fully saturated rings. The van der Waals surface area contributed by atoms with Crippen molar-refractivity contribution in [2.24, 2.45) is 5.92 Å². The molecule has 92 valence electrons. The van der Waals surface area contributed by atoms with Crippen molar-refractivity contribution in [3.05, 3.63) is 49.6 Å². The van der Waals surface area contributed by atoms with Crippen molar-refractivity contribution in [1.29, 1.82) is 0 Å². The minimum absolute atomic E-state index is 0.265. The first-order valence-corrected chi connectivity index (χ1v) is 6.30. The summed E-state index contributed by atoms with van der Waals surface area (Å²) in [5, 5.41) is 10.9. The molecule has 0 unspecified atom stereocenters. The summed E-state index contributed by atoms with van der Waals surface area (Å²) in [6.07, 6.45) is 2.14. The van der Waals surface area contributed by atoms with Gasteiger partial charge in [-0.05, 0) is 30.0 Å². The van der Waals surface area contributed by atoms with Crippen molar-refractivity contribution in [2.75, 3.05) is 0 Å². The van der Waals surface area contributed by atoms with Crippen LogP contribution in [-0.4, -0.2) is 4.92 Å². The molecule has 0 saturated carbocycles. The van der Waals surface area contributed by atoms with Gasteiger partial charge in [0.15, 0.2) is 0 Å². The fourth-order valence-corrected chi connectivity index (χ4v) is 1.80. The van der Waals surface area contributed by atoms with Crippen molar-refractivity contribution < 1.29 is 4.92 Å². The molecular weight excluding hydrogens is 282 g/mol. The van der Waals surface area contributed by atoms with Crippen LogP contribution in [0, 0.1) is 23.0 Å². The van der Waals surface area contributed by atoms with E-state index in [1.165, 1.54) is 0 Å². The first-order chi connectivity index (χ1) is 7.90. The number of benzene rings is 1. The Hall–Kier alpha value is -1.16. The summed E-state index contributed by atoms with van der Waals surface area (Å²) in [7, 11) is 0. The number of aryl methyl sites for hydroxylation is 1. The molecule has 0 aromatic heterocycles. The Morgan fingerprint density at radius 1 is 1.53 bits per heavy atom. The Morgan fingerprint density at radius 3 is 2.65 bits per heavy atom. The van der Waals surface area contributed by atoms with Gasteiger partial charge in [0, 0.05) is 17.0 Å². The molecule has 0 atom stereocenters. The van der Waals surface area contributed by atoms with Gasteiger partial charge in [0.1, 0.15) is 0 Å². The molecule has 0 bridgehead atoms. The van der Waals surface area contributed by atoms with Gasteiger partial charge in [-0.25, -0.2) is 0 Å². The van der Waals surface area contributed by atoms with Crippen LogP contribution < -0.4 is 0 Å². The fraction of sp³-hybridized carbons (Fsp3) is 0.385. The Morgan fingerprint density at radius 2 is 2.18 bits per heavy atom. The average molecular weight is 298 g/mol. The van der Waals surface area contributed by atoms with Crippen LogP contribution in [0.3, 0.4) is 0 Å². The summed E-state index contributed by atoms with van der Waals surface area (Å²) in [6.45, 7) is 5.92. The molecule has 0 amide bonds. The van der Waals surface area contributed by atoms with Crippen LogP contribution in [0.5, 0.6) is 0 Å². The molecular formula is C13H16BrNO2. The lowest BCUT2D eigenvalue weighted by molar-refractivity contribution is -0.427. The van der Waals surface area contributed by atoms with Gasteiger partial charge in [-0.1, -0.05) is 41.9 Å². The van der Waals surface area contributed by atoms with Gasteiger partial charge < -0.3 is 0 Å². The van der Waals surface area contributed by atoms with E-state index in [1.54, 1.807) is 6.08 Å². The van der Waals surface area contributed by atoms with Crippen molar-refractivity contribution in [3.63, 3.8) is 0 Å². The van der Waals surface area contributed by atoms with Crippen molar-refractivity contribution in [3.8, 4) is 0 Å². The lowest BCUT2D eigenvalue weighted by Gasteiger charge is -2.03. The van der Waals surface area contributed by atoms with E-state index in [1.807, 2.05) is 39.0 Å². The summed E-state index contributed by atoms with van der Waals surface area (Å²) in [6, 6.07) is 5.73. The highest BCUT2D eigenvalue weighted by Crippen LogP contribution is 2.20. The number of nitrogens with zero attached hydrogens (tertiary/aromatic N) is 1. The van der Waals surface area contributed by atoms with E-state index >= 15 is 0 Å². The summed E-state index contributed by atoms with van der Waals surface area (Å²) < 4.78 is 1.01. The zero-order valence-corrected chi connectivity index (χ0v) is 11.8. The number of hydrogen-bond acceptors (Lipinski definition) is 2. The van der Waals surface area contributed by atoms with Crippen LogP contribution in [0.25, 0.3) is 6.08 Å². The zero-order valence-electron chi connectivity index (χ0n) is 10.2. The van der Waals surface area contributed by atoms with Crippen LogP contribution in [0.4, 0.5) is 0 Å². The van der Waals surface area contributed by atoms with Crippen LogP contribution in [0.15, 0.2) is 28.4 Å². The van der Waals surface area contributed by atoms with Gasteiger partial charge in [-0.3, -0.25) is 10.1 Å². The molecule has 0 aliphatic heterocycles. The Bertz CT molecular complexity index is 453. The third-order valence-electron chi connectivity index (χ3n) is 2.37. The SMILES string of the molecule is Cc1cc(C=C(CC(C)C)[N+](=O)[O-])ccc1Br. The lowest BCUT2D eigenvalue weighted by atomic mass is 10.1. The summed E-state index contributed by atoms with van der Waals surface area (Å²) in [5.74, 6) is 0.281. The van der Waals surface area contributed by atoms with Crippen molar-refractivity contribution >= 4 is 22.0 Å². The topological polar surface area (TPSA) is 43.1 Å².